The highest BCUT2D eigenvalue weighted by atomic mass is 79.9. The lowest BCUT2D eigenvalue weighted by Gasteiger charge is -2.19. The van der Waals surface area contributed by atoms with Gasteiger partial charge in [0, 0.05) is 27.9 Å². The van der Waals surface area contributed by atoms with Crippen LogP contribution in [0, 0.1) is 0 Å². The predicted octanol–water partition coefficient (Wildman–Crippen LogP) is 7.62. The quantitative estimate of drug-likeness (QED) is 0.240. The number of halogens is 1. The van der Waals surface area contributed by atoms with Crippen molar-refractivity contribution in [1.29, 1.82) is 0 Å². The zero-order valence-corrected chi connectivity index (χ0v) is 20.8. The molecule has 172 valence electrons. The minimum atomic E-state index is -0.0836. The molecule has 0 aliphatic rings. The second kappa shape index (κ2) is 10.7. The van der Waals surface area contributed by atoms with Crippen molar-refractivity contribution in [2.45, 2.75) is 12.3 Å². The first-order valence-electron chi connectivity index (χ1n) is 11.7. The maximum Gasteiger partial charge on any atom is 0.252 e. The Morgan fingerprint density at radius 2 is 1.43 bits per heavy atom. The van der Waals surface area contributed by atoms with Crippen molar-refractivity contribution in [2.75, 3.05) is 6.54 Å². The number of pyridine rings is 1. The molecule has 0 saturated heterocycles. The Kier molecular flexibility index (Phi) is 7.01. The second-order valence-electron chi connectivity index (χ2n) is 8.50. The summed E-state index contributed by atoms with van der Waals surface area (Å²) in [5, 5.41) is 4.03. The van der Waals surface area contributed by atoms with Gasteiger partial charge in [0.1, 0.15) is 0 Å². The molecule has 0 spiro atoms. The number of hydrogen-bond acceptors (Lipinski definition) is 2. The molecule has 4 aromatic carbocycles. The highest BCUT2D eigenvalue weighted by Gasteiger charge is 2.17. The highest BCUT2D eigenvalue weighted by molar-refractivity contribution is 9.10. The summed E-state index contributed by atoms with van der Waals surface area (Å²) in [6.07, 6.45) is 0.807. The van der Waals surface area contributed by atoms with Crippen LogP contribution in [0.25, 0.3) is 22.2 Å². The Hall–Kier alpha value is -3.76. The Morgan fingerprint density at radius 3 is 2.11 bits per heavy atom. The molecule has 5 aromatic rings. The molecule has 1 heterocycles. The molecule has 1 amide bonds. The first kappa shape index (κ1) is 23.0. The maximum atomic E-state index is 13.4. The summed E-state index contributed by atoms with van der Waals surface area (Å²) in [4.78, 5) is 18.2. The lowest BCUT2D eigenvalue weighted by molar-refractivity contribution is 0.0954. The van der Waals surface area contributed by atoms with Crippen LogP contribution >= 0.6 is 15.9 Å². The van der Waals surface area contributed by atoms with Crippen molar-refractivity contribution in [1.82, 2.24) is 10.3 Å². The molecular weight excluding hydrogens is 496 g/mol. The average molecular weight is 521 g/mol. The minimum Gasteiger partial charge on any atom is -0.352 e. The summed E-state index contributed by atoms with van der Waals surface area (Å²) in [5.74, 6) is 0.129. The number of amides is 1. The standard InChI is InChI=1S/C31H25BrN2O/c32-25-15-9-14-24(20-25)30-21-28(27-16-7-8-17-29(27)34-30)31(35)33-19-18-26(22-10-3-1-4-11-22)23-12-5-2-6-13-23/h1-17,20-21,26H,18-19H2,(H,33,35). The SMILES string of the molecule is O=C(NCCC(c1ccccc1)c1ccccc1)c1cc(-c2cccc(Br)c2)nc2ccccc12. The third-order valence-corrected chi connectivity index (χ3v) is 6.70. The predicted molar refractivity (Wildman–Crippen MR) is 147 cm³/mol. The average Bonchev–Trinajstić information content (AvgIpc) is 2.91. The van der Waals surface area contributed by atoms with Crippen LogP contribution in [0.5, 0.6) is 0 Å². The van der Waals surface area contributed by atoms with Crippen LogP contribution in [0.2, 0.25) is 0 Å². The van der Waals surface area contributed by atoms with E-state index >= 15 is 0 Å². The maximum absolute atomic E-state index is 13.4. The van der Waals surface area contributed by atoms with Gasteiger partial charge in [-0.25, -0.2) is 4.98 Å². The number of nitrogens with zero attached hydrogens (tertiary/aromatic N) is 1. The van der Waals surface area contributed by atoms with Crippen LogP contribution in [0.1, 0.15) is 33.8 Å². The summed E-state index contributed by atoms with van der Waals surface area (Å²) in [7, 11) is 0. The van der Waals surface area contributed by atoms with Gasteiger partial charge in [0.2, 0.25) is 0 Å². The second-order valence-corrected chi connectivity index (χ2v) is 9.42. The molecule has 0 aliphatic carbocycles. The van der Waals surface area contributed by atoms with E-state index in [1.54, 1.807) is 0 Å². The van der Waals surface area contributed by atoms with Crippen molar-refractivity contribution >= 4 is 32.7 Å². The van der Waals surface area contributed by atoms with Gasteiger partial charge in [-0.15, -0.1) is 0 Å². The van der Waals surface area contributed by atoms with E-state index in [0.717, 1.165) is 33.1 Å². The van der Waals surface area contributed by atoms with Crippen LogP contribution < -0.4 is 5.32 Å². The fourth-order valence-electron chi connectivity index (χ4n) is 4.48. The first-order chi connectivity index (χ1) is 17.2. The zero-order chi connectivity index (χ0) is 24.0. The molecular formula is C31H25BrN2O. The topological polar surface area (TPSA) is 42.0 Å². The Balaban J connectivity index is 1.40. The molecule has 0 radical (unpaired) electrons. The molecule has 1 N–H and O–H groups in total. The van der Waals surface area contributed by atoms with E-state index in [-0.39, 0.29) is 11.8 Å². The van der Waals surface area contributed by atoms with Crippen LogP contribution in [0.3, 0.4) is 0 Å². The normalized spacial score (nSPS) is 11.0. The van der Waals surface area contributed by atoms with Gasteiger partial charge in [0.15, 0.2) is 0 Å². The van der Waals surface area contributed by atoms with E-state index in [4.69, 9.17) is 4.98 Å². The van der Waals surface area contributed by atoms with Gasteiger partial charge in [-0.2, -0.15) is 0 Å². The van der Waals surface area contributed by atoms with Gasteiger partial charge in [-0.1, -0.05) is 107 Å². The summed E-state index contributed by atoms with van der Waals surface area (Å²) in [6, 6.07) is 38.6. The molecule has 0 unspecified atom stereocenters. The molecule has 1 aromatic heterocycles. The Bertz CT molecular complexity index is 1410. The number of hydrogen-bond donors (Lipinski definition) is 1. The monoisotopic (exact) mass is 520 g/mol. The summed E-state index contributed by atoms with van der Waals surface area (Å²) < 4.78 is 0.976. The van der Waals surface area contributed by atoms with Crippen molar-refractivity contribution in [3.05, 3.63) is 136 Å². The van der Waals surface area contributed by atoms with E-state index in [1.807, 2.05) is 66.7 Å². The third kappa shape index (κ3) is 5.33. The third-order valence-electron chi connectivity index (χ3n) is 6.20. The van der Waals surface area contributed by atoms with E-state index in [9.17, 15) is 4.79 Å². The Labute approximate surface area is 214 Å². The van der Waals surface area contributed by atoms with Crippen LogP contribution in [-0.4, -0.2) is 17.4 Å². The van der Waals surface area contributed by atoms with Crippen molar-refractivity contribution in [3.63, 3.8) is 0 Å². The molecule has 0 saturated carbocycles. The van der Waals surface area contributed by atoms with Crippen molar-refractivity contribution in [2.24, 2.45) is 0 Å². The van der Waals surface area contributed by atoms with Gasteiger partial charge in [0.05, 0.1) is 16.8 Å². The lowest BCUT2D eigenvalue weighted by atomic mass is 9.88. The van der Waals surface area contributed by atoms with E-state index in [2.05, 4.69) is 69.8 Å². The number of carbonyl (C=O) groups is 1. The number of fused-ring (bicyclic) bond motifs is 1. The van der Waals surface area contributed by atoms with Gasteiger partial charge < -0.3 is 5.32 Å². The number of nitrogens with one attached hydrogen (secondary N) is 1. The molecule has 0 atom stereocenters. The number of aromatic nitrogens is 1. The summed E-state index contributed by atoms with van der Waals surface area (Å²) in [5.41, 5.74) is 5.69. The molecule has 0 aliphatic heterocycles. The highest BCUT2D eigenvalue weighted by Crippen LogP contribution is 2.29. The number of benzene rings is 4. The Morgan fingerprint density at radius 1 is 0.771 bits per heavy atom. The van der Waals surface area contributed by atoms with Gasteiger partial charge in [-0.05, 0) is 41.8 Å². The number of para-hydroxylation sites is 1. The lowest BCUT2D eigenvalue weighted by Crippen LogP contribution is -2.26. The van der Waals surface area contributed by atoms with E-state index < -0.39 is 0 Å². The van der Waals surface area contributed by atoms with Gasteiger partial charge in [-0.3, -0.25) is 4.79 Å². The van der Waals surface area contributed by atoms with Crippen LogP contribution in [0.4, 0.5) is 0 Å². The molecule has 5 rings (SSSR count). The molecule has 0 fully saturated rings. The minimum absolute atomic E-state index is 0.0836. The number of carbonyl (C=O) groups excluding carboxylic acids is 1. The molecule has 0 bridgehead atoms. The first-order valence-corrected chi connectivity index (χ1v) is 12.5. The molecule has 3 nitrogen and oxygen atoms in total. The fourth-order valence-corrected chi connectivity index (χ4v) is 4.88. The van der Waals surface area contributed by atoms with Gasteiger partial charge in [0.25, 0.3) is 5.91 Å². The fraction of sp³-hybridized carbons (Fsp3) is 0.0968. The summed E-state index contributed by atoms with van der Waals surface area (Å²) >= 11 is 3.54. The smallest absolute Gasteiger partial charge is 0.252 e. The van der Waals surface area contributed by atoms with E-state index in [0.29, 0.717) is 12.1 Å². The largest absolute Gasteiger partial charge is 0.352 e. The number of rotatable bonds is 7. The van der Waals surface area contributed by atoms with Crippen molar-refractivity contribution in [3.8, 4) is 11.3 Å². The van der Waals surface area contributed by atoms with Crippen molar-refractivity contribution < 1.29 is 4.79 Å². The van der Waals surface area contributed by atoms with Gasteiger partial charge >= 0.3 is 0 Å². The summed E-state index contributed by atoms with van der Waals surface area (Å²) in [6.45, 7) is 0.566. The van der Waals surface area contributed by atoms with Crippen LogP contribution in [0.15, 0.2) is 120 Å². The molecule has 35 heavy (non-hydrogen) atoms. The zero-order valence-electron chi connectivity index (χ0n) is 19.2. The van der Waals surface area contributed by atoms with Crippen LogP contribution in [-0.2, 0) is 0 Å². The molecule has 4 heteroatoms. The van der Waals surface area contributed by atoms with E-state index in [1.165, 1.54) is 11.1 Å².